The van der Waals surface area contributed by atoms with E-state index in [1.54, 1.807) is 16.7 Å². The molecular formula is C37H50N2. The monoisotopic (exact) mass is 522 g/mol. The number of rotatable bonds is 8. The van der Waals surface area contributed by atoms with Crippen molar-refractivity contribution in [2.45, 2.75) is 84.5 Å². The second kappa shape index (κ2) is 12.2. The molecule has 1 unspecified atom stereocenters. The van der Waals surface area contributed by atoms with Crippen molar-refractivity contribution in [2.75, 3.05) is 26.7 Å². The quantitative estimate of drug-likeness (QED) is 0.320. The lowest BCUT2D eigenvalue weighted by atomic mass is 9.62. The van der Waals surface area contributed by atoms with Crippen LogP contribution in [0, 0.1) is 11.3 Å². The molecule has 1 aliphatic carbocycles. The fraction of sp³-hybridized carbons (Fsp3) is 0.514. The van der Waals surface area contributed by atoms with Gasteiger partial charge in [0.15, 0.2) is 0 Å². The molecule has 2 aliphatic heterocycles. The fourth-order valence-electron chi connectivity index (χ4n) is 7.47. The second-order valence-electron chi connectivity index (χ2n) is 13.1. The summed E-state index contributed by atoms with van der Waals surface area (Å²) >= 11 is 0. The number of likely N-dealkylation sites (tertiary alicyclic amines) is 1. The van der Waals surface area contributed by atoms with Crippen LogP contribution in [0.1, 0.15) is 93.0 Å². The summed E-state index contributed by atoms with van der Waals surface area (Å²) in [6.45, 7) is 14.8. The number of hydrogen-bond donors (Lipinski definition) is 0. The molecule has 0 N–H and O–H groups in total. The summed E-state index contributed by atoms with van der Waals surface area (Å²) in [5.74, 6) is 1.36. The third kappa shape index (κ3) is 6.53. The Balaban J connectivity index is 1.27. The van der Waals surface area contributed by atoms with E-state index in [-0.39, 0.29) is 0 Å². The minimum Gasteiger partial charge on any atom is -0.377 e. The topological polar surface area (TPSA) is 6.48 Å². The highest BCUT2D eigenvalue weighted by Crippen LogP contribution is 2.50. The van der Waals surface area contributed by atoms with E-state index in [2.05, 4.69) is 105 Å². The van der Waals surface area contributed by atoms with Crippen LogP contribution in [0.25, 0.3) is 5.70 Å². The molecule has 1 saturated heterocycles. The van der Waals surface area contributed by atoms with Crippen LogP contribution in [0.4, 0.5) is 0 Å². The Morgan fingerprint density at radius 2 is 1.85 bits per heavy atom. The van der Waals surface area contributed by atoms with Gasteiger partial charge < -0.3 is 9.80 Å². The average molecular weight is 523 g/mol. The number of nitrogens with zero attached hydrogens (tertiary/aromatic N) is 2. The third-order valence-corrected chi connectivity index (χ3v) is 9.65. The Morgan fingerprint density at radius 3 is 2.62 bits per heavy atom. The number of hydrogen-bond acceptors (Lipinski definition) is 2. The predicted molar refractivity (Wildman–Crippen MR) is 168 cm³/mol. The van der Waals surface area contributed by atoms with Gasteiger partial charge in [-0.2, -0.15) is 0 Å². The number of allylic oxidation sites excluding steroid dienone is 2. The van der Waals surface area contributed by atoms with Crippen molar-refractivity contribution in [3.63, 3.8) is 0 Å². The summed E-state index contributed by atoms with van der Waals surface area (Å²) in [7, 11) is 2.20. The molecule has 0 aromatic heterocycles. The molecule has 3 aliphatic rings. The Kier molecular flexibility index (Phi) is 8.70. The summed E-state index contributed by atoms with van der Waals surface area (Å²) in [6, 6.07) is 16.5. The molecule has 2 nitrogen and oxygen atoms in total. The molecule has 2 aromatic rings. The maximum atomic E-state index is 4.60. The van der Waals surface area contributed by atoms with Crippen LogP contribution >= 0.6 is 0 Å². The summed E-state index contributed by atoms with van der Waals surface area (Å²) < 4.78 is 0. The van der Waals surface area contributed by atoms with Gasteiger partial charge in [0.05, 0.1) is 0 Å². The summed E-state index contributed by atoms with van der Waals surface area (Å²) in [5, 5.41) is 0. The van der Waals surface area contributed by atoms with Crippen molar-refractivity contribution in [3.8, 4) is 0 Å². The van der Waals surface area contributed by atoms with Crippen LogP contribution in [0.3, 0.4) is 0 Å². The van der Waals surface area contributed by atoms with Gasteiger partial charge in [0.25, 0.3) is 0 Å². The highest BCUT2D eigenvalue weighted by molar-refractivity contribution is 5.63. The minimum atomic E-state index is 0.431. The Bertz CT molecular complexity index is 1210. The number of likely N-dealkylation sites (N-methyl/N-ethyl adjacent to an activating group) is 1. The molecular weight excluding hydrogens is 472 g/mol. The molecule has 2 heteroatoms. The van der Waals surface area contributed by atoms with Crippen molar-refractivity contribution in [1.82, 2.24) is 9.80 Å². The summed E-state index contributed by atoms with van der Waals surface area (Å²) in [5.41, 5.74) is 10.8. The maximum Gasteiger partial charge on any atom is 0.0366 e. The van der Waals surface area contributed by atoms with Crippen LogP contribution in [-0.4, -0.2) is 36.5 Å². The number of aryl methyl sites for hydroxylation is 1. The Morgan fingerprint density at radius 1 is 1.05 bits per heavy atom. The van der Waals surface area contributed by atoms with Crippen molar-refractivity contribution in [2.24, 2.45) is 11.3 Å². The molecule has 0 bridgehead atoms. The van der Waals surface area contributed by atoms with Gasteiger partial charge >= 0.3 is 0 Å². The van der Waals surface area contributed by atoms with Gasteiger partial charge in [0, 0.05) is 32.4 Å². The first-order valence-corrected chi connectivity index (χ1v) is 15.5. The molecule has 2 heterocycles. The molecule has 0 saturated carbocycles. The van der Waals surface area contributed by atoms with E-state index in [0.717, 1.165) is 38.9 Å². The zero-order chi connectivity index (χ0) is 27.4. The van der Waals surface area contributed by atoms with E-state index in [0.29, 0.717) is 17.3 Å². The van der Waals surface area contributed by atoms with E-state index in [1.165, 1.54) is 60.9 Å². The van der Waals surface area contributed by atoms with Crippen molar-refractivity contribution in [3.05, 3.63) is 101 Å². The minimum absolute atomic E-state index is 0.431. The Labute approximate surface area is 238 Å². The largest absolute Gasteiger partial charge is 0.377 e. The van der Waals surface area contributed by atoms with Gasteiger partial charge in [-0.25, -0.2) is 0 Å². The SMILES string of the molecule is C=C(c1ccc(CC(C)C)c(CC)c1)N1CCC2(CC1)Cc1ccccc1C(CCC1=CN(C)CC=CC1)C2. The van der Waals surface area contributed by atoms with Gasteiger partial charge in [-0.15, -0.1) is 0 Å². The molecule has 1 atom stereocenters. The number of benzene rings is 2. The lowest BCUT2D eigenvalue weighted by Gasteiger charge is -2.48. The highest BCUT2D eigenvalue weighted by atomic mass is 15.1. The average Bonchev–Trinajstić information content (AvgIpc) is 3.15. The molecule has 208 valence electrons. The normalized spacial score (nSPS) is 20.6. The van der Waals surface area contributed by atoms with Crippen LogP contribution in [-0.2, 0) is 19.3 Å². The molecule has 39 heavy (non-hydrogen) atoms. The van der Waals surface area contributed by atoms with Crippen molar-refractivity contribution < 1.29 is 0 Å². The van der Waals surface area contributed by atoms with Gasteiger partial charge in [0.1, 0.15) is 0 Å². The molecule has 5 rings (SSSR count). The first-order chi connectivity index (χ1) is 18.9. The highest BCUT2D eigenvalue weighted by Gasteiger charge is 2.41. The lowest BCUT2D eigenvalue weighted by Crippen LogP contribution is -2.42. The van der Waals surface area contributed by atoms with Crippen LogP contribution in [0.2, 0.25) is 0 Å². The molecule has 2 aromatic carbocycles. The van der Waals surface area contributed by atoms with E-state index in [1.807, 2.05) is 0 Å². The third-order valence-electron chi connectivity index (χ3n) is 9.65. The van der Waals surface area contributed by atoms with E-state index >= 15 is 0 Å². The van der Waals surface area contributed by atoms with E-state index in [4.69, 9.17) is 0 Å². The zero-order valence-electron chi connectivity index (χ0n) is 25.0. The van der Waals surface area contributed by atoms with E-state index < -0.39 is 0 Å². The summed E-state index contributed by atoms with van der Waals surface area (Å²) in [6.07, 6.45) is 18.0. The molecule has 0 amide bonds. The second-order valence-corrected chi connectivity index (χ2v) is 13.1. The predicted octanol–water partition coefficient (Wildman–Crippen LogP) is 8.79. The first kappa shape index (κ1) is 27.8. The van der Waals surface area contributed by atoms with Crippen molar-refractivity contribution >= 4 is 5.70 Å². The van der Waals surface area contributed by atoms with Crippen LogP contribution < -0.4 is 0 Å². The van der Waals surface area contributed by atoms with Crippen LogP contribution in [0.5, 0.6) is 0 Å². The van der Waals surface area contributed by atoms with Gasteiger partial charge in [-0.1, -0.05) is 81.5 Å². The van der Waals surface area contributed by atoms with Crippen LogP contribution in [0.15, 0.2) is 73.0 Å². The maximum absolute atomic E-state index is 4.60. The Hall–Kier alpha value is -2.74. The standard InChI is InChI=1S/C37H50N2/c1-6-31-24-32(16-17-33(31)23-28(2)3)29(4)39-21-18-37(19-22-39)25-34-12-7-8-13-36(34)35(26-37)15-14-30-11-9-10-20-38(5)27-30/h7-10,12-13,16-17,24,27-28,35H,4,6,11,14-15,18-23,25-26H2,1-3,5H3. The van der Waals surface area contributed by atoms with Gasteiger partial charge in [0.2, 0.25) is 0 Å². The van der Waals surface area contributed by atoms with Gasteiger partial charge in [-0.05, 0) is 115 Å². The molecule has 1 spiro atoms. The first-order valence-electron chi connectivity index (χ1n) is 15.5. The number of fused-ring (bicyclic) bond motifs is 1. The van der Waals surface area contributed by atoms with E-state index in [9.17, 15) is 0 Å². The molecule has 0 radical (unpaired) electrons. The zero-order valence-corrected chi connectivity index (χ0v) is 25.0. The number of piperidine rings is 1. The summed E-state index contributed by atoms with van der Waals surface area (Å²) in [4.78, 5) is 4.91. The smallest absolute Gasteiger partial charge is 0.0366 e. The van der Waals surface area contributed by atoms with Crippen molar-refractivity contribution in [1.29, 1.82) is 0 Å². The van der Waals surface area contributed by atoms with Gasteiger partial charge in [-0.3, -0.25) is 0 Å². The fourth-order valence-corrected chi connectivity index (χ4v) is 7.47. The lowest BCUT2D eigenvalue weighted by molar-refractivity contribution is 0.109. The molecule has 1 fully saturated rings.